The molecule has 1 aliphatic carbocycles. The zero-order chi connectivity index (χ0) is 9.42. The summed E-state index contributed by atoms with van der Waals surface area (Å²) in [6, 6.07) is 7.90. The lowest BCUT2D eigenvalue weighted by molar-refractivity contribution is 0.1000. The highest BCUT2D eigenvalue weighted by Crippen LogP contribution is 2.29. The second-order valence-electron chi connectivity index (χ2n) is 3.27. The molecule has 0 saturated carbocycles. The van der Waals surface area contributed by atoms with E-state index in [4.69, 9.17) is 0 Å². The summed E-state index contributed by atoms with van der Waals surface area (Å²) in [7, 11) is 3.57. The predicted octanol–water partition coefficient (Wildman–Crippen LogP) is 2.10. The first kappa shape index (κ1) is 9.23. The minimum absolute atomic E-state index is 0.00877. The van der Waals surface area contributed by atoms with Crippen LogP contribution in [0.25, 0.3) is 0 Å². The van der Waals surface area contributed by atoms with Crippen molar-refractivity contribution in [3.63, 3.8) is 0 Å². The van der Waals surface area contributed by atoms with E-state index in [2.05, 4.69) is 14.7 Å². The third-order valence-electron chi connectivity index (χ3n) is 2.41. The van der Waals surface area contributed by atoms with Gasteiger partial charge in [-0.2, -0.15) is 10.5 Å². The first-order chi connectivity index (χ1) is 6.20. The molecule has 0 aliphatic heterocycles. The van der Waals surface area contributed by atoms with Gasteiger partial charge in [0.25, 0.3) is 0 Å². The molecule has 2 atom stereocenters. The number of ketones is 1. The van der Waals surface area contributed by atoms with Crippen molar-refractivity contribution in [1.82, 2.24) is 0 Å². The molecule has 1 nitrogen and oxygen atoms in total. The third-order valence-corrected chi connectivity index (χ3v) is 4.50. The number of hydrogen-bond donors (Lipinski definition) is 0. The molecule has 2 unspecified atom stereocenters. The van der Waals surface area contributed by atoms with Crippen LogP contribution >= 0.6 is 8.44 Å². The molecule has 0 bridgehead atoms. The van der Waals surface area contributed by atoms with Gasteiger partial charge in [0.2, 0.25) is 5.78 Å². The summed E-state index contributed by atoms with van der Waals surface area (Å²) in [5, 5.41) is 0.161. The molecule has 0 amide bonds. The molecule has 0 saturated heterocycles. The van der Waals surface area contributed by atoms with Crippen molar-refractivity contribution < 1.29 is 4.79 Å². The van der Waals surface area contributed by atoms with Crippen LogP contribution in [0.2, 0.25) is 0 Å². The zero-order valence-corrected chi connectivity index (χ0v) is 9.23. The van der Waals surface area contributed by atoms with E-state index in [-0.39, 0.29) is 15.8 Å². The highest BCUT2D eigenvalue weighted by Gasteiger charge is 2.34. The van der Waals surface area contributed by atoms with Crippen LogP contribution in [-0.2, 0) is 16.9 Å². The summed E-state index contributed by atoms with van der Waals surface area (Å²) in [5.74, 6) is 0.302. The van der Waals surface area contributed by atoms with Crippen LogP contribution in [0.1, 0.15) is 15.9 Å². The van der Waals surface area contributed by atoms with Gasteiger partial charge in [-0.1, -0.05) is 24.3 Å². The lowest BCUT2D eigenvalue weighted by Gasteiger charge is -2.10. The molecule has 0 aromatic heterocycles. The van der Waals surface area contributed by atoms with Crippen molar-refractivity contribution >= 4 is 24.7 Å². The lowest BCUT2D eigenvalue weighted by atomic mass is 10.1. The molecule has 1 aromatic rings. The minimum Gasteiger partial charge on any atom is -0.289 e. The van der Waals surface area contributed by atoms with Crippen molar-refractivity contribution in [3.05, 3.63) is 35.4 Å². The van der Waals surface area contributed by atoms with Crippen LogP contribution in [0.15, 0.2) is 24.3 Å². The first-order valence-electron chi connectivity index (χ1n) is 4.18. The van der Waals surface area contributed by atoms with Gasteiger partial charge < -0.3 is 0 Å². The number of hydrogen-bond acceptors (Lipinski definition) is 1. The molecule has 1 aromatic carbocycles. The Kier molecular flexibility index (Phi) is 2.44. The van der Waals surface area contributed by atoms with Crippen molar-refractivity contribution in [2.24, 2.45) is 0 Å². The maximum Gasteiger partial charge on any atom is 0.212 e. The monoisotopic (exact) mass is 210 g/mol. The summed E-state index contributed by atoms with van der Waals surface area (Å²) in [6.07, 6.45) is 2.96. The fourth-order valence-electron chi connectivity index (χ4n) is 1.69. The number of carbonyl (C=O) groups excluding carboxylic acids is 1. The number of Topliss-reactive ketones (excluding diaryl/α,β-unsaturated/α-hetero) is 1. The van der Waals surface area contributed by atoms with Gasteiger partial charge >= 0.3 is 0 Å². The molecule has 0 radical (unpaired) electrons. The zero-order valence-electron chi connectivity index (χ0n) is 7.41. The summed E-state index contributed by atoms with van der Waals surface area (Å²) >= 11 is 0. The van der Waals surface area contributed by atoms with Gasteiger partial charge in [-0.25, -0.2) is 0 Å². The summed E-state index contributed by atoms with van der Waals surface area (Å²) in [6.45, 7) is 0. The summed E-state index contributed by atoms with van der Waals surface area (Å²) < 4.78 is 0. The van der Waals surface area contributed by atoms with Gasteiger partial charge in [0.15, 0.2) is 5.25 Å². The van der Waals surface area contributed by atoms with Crippen molar-refractivity contribution in [1.29, 1.82) is 0 Å². The van der Waals surface area contributed by atoms with Gasteiger partial charge in [0, 0.05) is 12.0 Å². The summed E-state index contributed by atoms with van der Waals surface area (Å²) in [5.41, 5.74) is 2.13. The minimum atomic E-state index is 0.00877. The van der Waals surface area contributed by atoms with Crippen LogP contribution in [-0.4, -0.2) is 17.3 Å². The van der Waals surface area contributed by atoms with E-state index in [0.717, 1.165) is 12.0 Å². The number of fused-ring (bicyclic) bond motifs is 1. The average molecular weight is 210 g/mol. The second kappa shape index (κ2) is 3.43. The Hall–Kier alpha value is -0.330. The molecule has 68 valence electrons. The van der Waals surface area contributed by atoms with E-state index in [1.54, 1.807) is 0 Å². The molecule has 0 fully saturated rings. The molecular weight excluding hydrogens is 199 g/mol. The van der Waals surface area contributed by atoms with Crippen LogP contribution < -0.4 is 0 Å². The standard InChI is InChI=1S/C10H11OPS/c1-13(12)9-6-7-4-2-3-5-8(7)10(9)11/h2-5,9,12H,6H2,1H3. The Labute approximate surface area is 83.2 Å². The Morgan fingerprint density at radius 2 is 2.15 bits per heavy atom. The van der Waals surface area contributed by atoms with Crippen LogP contribution in [0.3, 0.4) is 0 Å². The molecule has 0 spiro atoms. The molecule has 2 rings (SSSR count). The second-order valence-corrected chi connectivity index (χ2v) is 6.89. The molecule has 3 heteroatoms. The fraction of sp³-hybridized carbons (Fsp3) is 0.300. The van der Waals surface area contributed by atoms with Crippen molar-refractivity contribution in [3.8, 4) is 0 Å². The van der Waals surface area contributed by atoms with Crippen LogP contribution in [0, 0.1) is 0 Å². The Bertz CT molecular complexity index is 349. The van der Waals surface area contributed by atoms with Gasteiger partial charge in [-0.05, 0) is 5.56 Å². The maximum atomic E-state index is 11.8. The van der Waals surface area contributed by atoms with E-state index in [9.17, 15) is 4.79 Å². The maximum absolute atomic E-state index is 11.8. The fourth-order valence-corrected chi connectivity index (χ4v) is 3.14. The van der Waals surface area contributed by atoms with E-state index in [0.29, 0.717) is 5.78 Å². The molecular formula is C10H11OPS. The van der Waals surface area contributed by atoms with Gasteiger partial charge in [0.05, 0.1) is 6.26 Å². The largest absolute Gasteiger partial charge is 0.289 e. The highest BCUT2D eigenvalue weighted by atomic mass is 32.7. The first-order valence-corrected chi connectivity index (χ1v) is 7.10. The topological polar surface area (TPSA) is 17.1 Å². The summed E-state index contributed by atoms with van der Waals surface area (Å²) in [4.78, 5) is 11.8. The number of carbonyl (C=O) groups is 1. The van der Waals surface area contributed by atoms with E-state index < -0.39 is 0 Å². The molecule has 1 aliphatic rings. The number of rotatable bonds is 1. The average Bonchev–Trinajstić information content (AvgIpc) is 2.45. The molecule has 13 heavy (non-hydrogen) atoms. The van der Waals surface area contributed by atoms with E-state index in [1.165, 1.54) is 5.56 Å². The van der Waals surface area contributed by atoms with Gasteiger partial charge in [0.1, 0.15) is 0 Å². The smallest absolute Gasteiger partial charge is 0.212 e. The Balaban J connectivity index is 2.38. The van der Waals surface area contributed by atoms with Crippen molar-refractivity contribution in [2.45, 2.75) is 11.7 Å². The number of benzene rings is 1. The van der Waals surface area contributed by atoms with Crippen LogP contribution in [0.5, 0.6) is 0 Å². The van der Waals surface area contributed by atoms with E-state index >= 15 is 0 Å². The van der Waals surface area contributed by atoms with E-state index in [1.807, 2.05) is 24.3 Å². The quantitative estimate of drug-likeness (QED) is 0.512. The Morgan fingerprint density at radius 1 is 1.46 bits per heavy atom. The third kappa shape index (κ3) is 1.53. The van der Waals surface area contributed by atoms with Gasteiger partial charge in [-0.15, -0.1) is 0 Å². The molecule has 0 N–H and O–H groups in total. The predicted molar refractivity (Wildman–Crippen MR) is 59.9 cm³/mol. The Morgan fingerprint density at radius 3 is 2.77 bits per heavy atom. The normalized spacial score (nSPS) is 22.9. The lowest BCUT2D eigenvalue weighted by Crippen LogP contribution is -2.21. The van der Waals surface area contributed by atoms with Gasteiger partial charge in [-0.3, -0.25) is 13.2 Å². The van der Waals surface area contributed by atoms with Crippen molar-refractivity contribution in [2.75, 3.05) is 6.26 Å². The SMILES string of the molecule is C[S+]([PH-])C1Cc2ccccc2C1=O. The molecule has 0 heterocycles. The highest BCUT2D eigenvalue weighted by molar-refractivity contribution is 8.41. The van der Waals surface area contributed by atoms with Crippen LogP contribution in [0.4, 0.5) is 0 Å².